The molecule has 1 saturated heterocycles. The second-order valence-corrected chi connectivity index (χ2v) is 8.50. The summed E-state index contributed by atoms with van der Waals surface area (Å²) in [7, 11) is 1.63. The number of ether oxygens (including phenoxy) is 1. The van der Waals surface area contributed by atoms with E-state index in [-0.39, 0.29) is 18.4 Å². The largest absolute Gasteiger partial charge is 0.497 e. The highest BCUT2D eigenvalue weighted by Crippen LogP contribution is 2.24. The summed E-state index contributed by atoms with van der Waals surface area (Å²) in [6.07, 6.45) is 5.15. The average Bonchev–Trinajstić information content (AvgIpc) is 3.21. The molecule has 1 aromatic heterocycles. The van der Waals surface area contributed by atoms with Crippen LogP contribution in [0.4, 0.5) is 5.69 Å². The maximum Gasteiger partial charge on any atom is 0.244 e. The molecule has 1 N–H and O–H groups in total. The van der Waals surface area contributed by atoms with Gasteiger partial charge in [-0.3, -0.25) is 14.3 Å². The number of benzene rings is 2. The zero-order valence-corrected chi connectivity index (χ0v) is 18.7. The number of piperidine rings is 1. The van der Waals surface area contributed by atoms with Gasteiger partial charge in [0, 0.05) is 36.8 Å². The van der Waals surface area contributed by atoms with Crippen LogP contribution in [0, 0.1) is 12.8 Å². The quantitative estimate of drug-likeness (QED) is 0.610. The monoisotopic (exact) mass is 434 g/mol. The Morgan fingerprint density at radius 2 is 2.06 bits per heavy atom. The number of fused-ring (bicyclic) bond motifs is 1. The molecule has 1 aliphatic heterocycles. The molecule has 0 unspecified atom stereocenters. The fraction of sp³-hybridized carbons (Fsp3) is 0.400. The van der Waals surface area contributed by atoms with E-state index >= 15 is 0 Å². The minimum atomic E-state index is 0.00458. The average molecular weight is 435 g/mol. The predicted octanol–water partition coefficient (Wildman–Crippen LogP) is 4.01. The van der Waals surface area contributed by atoms with Crippen molar-refractivity contribution in [3.05, 3.63) is 54.2 Å². The van der Waals surface area contributed by atoms with Gasteiger partial charge in [0.1, 0.15) is 12.3 Å². The summed E-state index contributed by atoms with van der Waals surface area (Å²) in [4.78, 5) is 27.2. The van der Waals surface area contributed by atoms with E-state index in [1.165, 1.54) is 0 Å². The topological polar surface area (TPSA) is 76.5 Å². The molecule has 1 fully saturated rings. The fourth-order valence-electron chi connectivity index (χ4n) is 4.31. The van der Waals surface area contributed by atoms with E-state index in [4.69, 9.17) is 4.74 Å². The zero-order chi connectivity index (χ0) is 22.5. The van der Waals surface area contributed by atoms with Crippen molar-refractivity contribution >= 4 is 28.4 Å². The third-order valence-electron chi connectivity index (χ3n) is 6.12. The molecule has 32 heavy (non-hydrogen) atoms. The standard InChI is InChI=1S/C25H30N4O3/c1-18-14-21(32-2)10-11-22(18)26-24(30)12-9-19-6-5-13-28(15-19)25(31)17-29-16-20-7-3-4-8-23(20)27-29/h3-4,7-8,10-11,14,16,19H,5-6,9,12-13,15,17H2,1-2H3,(H,26,30)/t19-/m0/s1. The SMILES string of the molecule is COc1ccc(NC(=O)CC[C@@H]2CCCN(C(=O)Cn3cc4ccccc4n3)C2)c(C)c1. The molecule has 2 heterocycles. The Hall–Kier alpha value is -3.35. The van der Waals surface area contributed by atoms with E-state index in [0.29, 0.717) is 18.9 Å². The number of hydrogen-bond donors (Lipinski definition) is 1. The van der Waals surface area contributed by atoms with Gasteiger partial charge in [0.25, 0.3) is 0 Å². The summed E-state index contributed by atoms with van der Waals surface area (Å²) >= 11 is 0. The van der Waals surface area contributed by atoms with Crippen molar-refractivity contribution in [2.45, 2.75) is 39.2 Å². The van der Waals surface area contributed by atoms with Gasteiger partial charge in [-0.2, -0.15) is 5.10 Å². The molecular weight excluding hydrogens is 404 g/mol. The number of methoxy groups -OCH3 is 1. The lowest BCUT2D eigenvalue weighted by Gasteiger charge is -2.32. The van der Waals surface area contributed by atoms with E-state index in [0.717, 1.165) is 53.7 Å². The lowest BCUT2D eigenvalue weighted by Crippen LogP contribution is -2.41. The molecule has 7 heteroatoms. The van der Waals surface area contributed by atoms with Gasteiger partial charge in [0.2, 0.25) is 11.8 Å². The van der Waals surface area contributed by atoms with Crippen LogP contribution in [0.1, 0.15) is 31.2 Å². The van der Waals surface area contributed by atoms with Crippen LogP contribution >= 0.6 is 0 Å². The molecule has 7 nitrogen and oxygen atoms in total. The summed E-state index contributed by atoms with van der Waals surface area (Å²) < 4.78 is 6.94. The molecule has 1 atom stereocenters. The van der Waals surface area contributed by atoms with E-state index in [1.807, 2.05) is 60.5 Å². The van der Waals surface area contributed by atoms with E-state index < -0.39 is 0 Å². The number of aryl methyl sites for hydroxylation is 1. The Morgan fingerprint density at radius 1 is 1.22 bits per heavy atom. The van der Waals surface area contributed by atoms with Crippen molar-refractivity contribution in [3.8, 4) is 5.75 Å². The van der Waals surface area contributed by atoms with Crippen molar-refractivity contribution in [2.24, 2.45) is 5.92 Å². The predicted molar refractivity (Wildman–Crippen MR) is 125 cm³/mol. The van der Waals surface area contributed by atoms with Crippen molar-refractivity contribution < 1.29 is 14.3 Å². The normalized spacial score (nSPS) is 16.2. The number of nitrogens with zero attached hydrogens (tertiary/aromatic N) is 3. The third-order valence-corrected chi connectivity index (χ3v) is 6.12. The van der Waals surface area contributed by atoms with Crippen LogP contribution in [0.3, 0.4) is 0 Å². The maximum absolute atomic E-state index is 12.8. The molecule has 168 valence electrons. The summed E-state index contributed by atoms with van der Waals surface area (Å²) in [5.74, 6) is 1.20. The van der Waals surface area contributed by atoms with Gasteiger partial charge in [0.05, 0.1) is 12.6 Å². The van der Waals surface area contributed by atoms with Crippen LogP contribution in [0.15, 0.2) is 48.7 Å². The van der Waals surface area contributed by atoms with Crippen LogP contribution in [-0.4, -0.2) is 46.7 Å². The zero-order valence-electron chi connectivity index (χ0n) is 18.7. The molecule has 0 bridgehead atoms. The number of carbonyl (C=O) groups is 2. The van der Waals surface area contributed by atoms with Crippen molar-refractivity contribution in [1.82, 2.24) is 14.7 Å². The molecule has 3 aromatic rings. The van der Waals surface area contributed by atoms with Gasteiger partial charge in [-0.15, -0.1) is 0 Å². The highest BCUT2D eigenvalue weighted by Gasteiger charge is 2.24. The Bertz CT molecular complexity index is 1070. The van der Waals surface area contributed by atoms with Crippen LogP contribution < -0.4 is 10.1 Å². The summed E-state index contributed by atoms with van der Waals surface area (Å²) in [5, 5.41) is 8.52. The Balaban J connectivity index is 1.27. The van der Waals surface area contributed by atoms with Crippen LogP contribution in [0.2, 0.25) is 0 Å². The molecule has 4 rings (SSSR count). The Labute approximate surface area is 188 Å². The lowest BCUT2D eigenvalue weighted by molar-refractivity contribution is -0.133. The van der Waals surface area contributed by atoms with Gasteiger partial charge in [0.15, 0.2) is 0 Å². The smallest absolute Gasteiger partial charge is 0.244 e. The number of nitrogens with one attached hydrogen (secondary N) is 1. The first kappa shape index (κ1) is 21.9. The number of carbonyl (C=O) groups excluding carboxylic acids is 2. The second kappa shape index (κ2) is 9.85. The number of hydrogen-bond acceptors (Lipinski definition) is 4. The van der Waals surface area contributed by atoms with Crippen molar-refractivity contribution in [3.63, 3.8) is 0 Å². The van der Waals surface area contributed by atoms with E-state index in [2.05, 4.69) is 10.4 Å². The van der Waals surface area contributed by atoms with Crippen molar-refractivity contribution in [1.29, 1.82) is 0 Å². The number of amides is 2. The van der Waals surface area contributed by atoms with Gasteiger partial charge < -0.3 is 15.0 Å². The number of likely N-dealkylation sites (tertiary alicyclic amines) is 1. The minimum absolute atomic E-state index is 0.00458. The molecule has 0 aliphatic carbocycles. The van der Waals surface area contributed by atoms with Crippen LogP contribution in [0.25, 0.3) is 10.9 Å². The molecule has 0 radical (unpaired) electrons. The first-order chi connectivity index (χ1) is 15.5. The fourth-order valence-corrected chi connectivity index (χ4v) is 4.31. The number of anilines is 1. The number of aromatic nitrogens is 2. The second-order valence-electron chi connectivity index (χ2n) is 8.50. The lowest BCUT2D eigenvalue weighted by atomic mass is 9.93. The molecule has 0 spiro atoms. The van der Waals surface area contributed by atoms with Gasteiger partial charge >= 0.3 is 0 Å². The Kier molecular flexibility index (Phi) is 6.73. The Morgan fingerprint density at radius 3 is 2.84 bits per heavy atom. The number of rotatable bonds is 7. The summed E-state index contributed by atoms with van der Waals surface area (Å²) in [5.41, 5.74) is 2.68. The maximum atomic E-state index is 12.8. The molecular formula is C25H30N4O3. The van der Waals surface area contributed by atoms with E-state index in [1.54, 1.807) is 11.8 Å². The van der Waals surface area contributed by atoms with Gasteiger partial charge in [-0.25, -0.2) is 0 Å². The highest BCUT2D eigenvalue weighted by atomic mass is 16.5. The minimum Gasteiger partial charge on any atom is -0.497 e. The molecule has 2 amide bonds. The third kappa shape index (κ3) is 5.28. The van der Waals surface area contributed by atoms with Crippen LogP contribution in [-0.2, 0) is 16.1 Å². The van der Waals surface area contributed by atoms with Crippen LogP contribution in [0.5, 0.6) is 5.75 Å². The summed E-state index contributed by atoms with van der Waals surface area (Å²) in [6, 6.07) is 13.5. The van der Waals surface area contributed by atoms with Gasteiger partial charge in [-0.05, 0) is 61.9 Å². The molecule has 1 aliphatic rings. The first-order valence-corrected chi connectivity index (χ1v) is 11.2. The first-order valence-electron chi connectivity index (χ1n) is 11.2. The summed E-state index contributed by atoms with van der Waals surface area (Å²) in [6.45, 7) is 3.67. The molecule has 0 saturated carbocycles. The highest BCUT2D eigenvalue weighted by molar-refractivity contribution is 5.91. The van der Waals surface area contributed by atoms with E-state index in [9.17, 15) is 9.59 Å². The van der Waals surface area contributed by atoms with Crippen molar-refractivity contribution in [2.75, 3.05) is 25.5 Å². The van der Waals surface area contributed by atoms with Gasteiger partial charge in [-0.1, -0.05) is 18.2 Å². The molecule has 2 aromatic carbocycles.